The van der Waals surface area contributed by atoms with Gasteiger partial charge in [0.2, 0.25) is 0 Å². The first-order chi connectivity index (χ1) is 16.5. The number of Topliss-reactive ketones (excluding diaryl/α,β-unsaturated/α-hetero) is 1. The smallest absolute Gasteiger partial charge is 0.270 e. The van der Waals surface area contributed by atoms with E-state index in [1.54, 1.807) is 14.2 Å². The number of ether oxygens (including phenoxy) is 2. The van der Waals surface area contributed by atoms with Crippen LogP contribution in [-0.4, -0.2) is 39.6 Å². The Morgan fingerprint density at radius 1 is 1.12 bits per heavy atom. The van der Waals surface area contributed by atoms with Crippen molar-refractivity contribution < 1.29 is 14.3 Å². The van der Waals surface area contributed by atoms with Gasteiger partial charge >= 0.3 is 0 Å². The maximum Gasteiger partial charge on any atom is 0.270 e. The fourth-order valence-electron chi connectivity index (χ4n) is 5.30. The van der Waals surface area contributed by atoms with Crippen LogP contribution in [0.15, 0.2) is 45.8 Å². The molecule has 2 atom stereocenters. The van der Waals surface area contributed by atoms with Crippen molar-refractivity contribution in [3.05, 3.63) is 73.9 Å². The lowest BCUT2D eigenvalue weighted by atomic mass is 9.73. The molecule has 0 saturated carbocycles. The second-order valence-corrected chi connectivity index (χ2v) is 9.47. The van der Waals surface area contributed by atoms with Crippen LogP contribution >= 0.6 is 11.3 Å². The summed E-state index contributed by atoms with van der Waals surface area (Å²) < 4.78 is 12.8. The van der Waals surface area contributed by atoms with Crippen molar-refractivity contribution >= 4 is 27.9 Å². The molecule has 1 aliphatic heterocycles. The maximum absolute atomic E-state index is 13.7. The molecule has 6 rings (SSSR count). The first-order valence-electron chi connectivity index (χ1n) is 11.0. The molecule has 9 nitrogen and oxygen atoms in total. The number of carbonyl (C=O) groups excluding carboxylic acids is 1. The fraction of sp³-hybridized carbons (Fsp3) is 0.292. The zero-order chi connectivity index (χ0) is 23.6. The van der Waals surface area contributed by atoms with Gasteiger partial charge in [0.05, 0.1) is 37.1 Å². The van der Waals surface area contributed by atoms with Crippen LogP contribution in [0, 0.1) is 6.92 Å². The Bertz CT molecular complexity index is 1540. The van der Waals surface area contributed by atoms with Gasteiger partial charge in [-0.3, -0.25) is 24.2 Å². The molecule has 10 heteroatoms. The summed E-state index contributed by atoms with van der Waals surface area (Å²) >= 11 is 1.53. The Morgan fingerprint density at radius 2 is 1.94 bits per heavy atom. The molecule has 0 radical (unpaired) electrons. The molecule has 0 spiro atoms. The predicted molar refractivity (Wildman–Crippen MR) is 128 cm³/mol. The summed E-state index contributed by atoms with van der Waals surface area (Å²) in [5.41, 5.74) is 4.43. The van der Waals surface area contributed by atoms with Gasteiger partial charge in [-0.1, -0.05) is 6.07 Å². The number of carbonyl (C=O) groups is 1. The standard InChI is InChI=1S/C24H23N5O4S/c1-11-21(29-6-7-34-24(29)25-11)19-18-14(26-22-20(19)23(31)28-27-22)8-13(9-15(18)30)12-4-5-16(32-2)17(10-12)33-3/h4-7,10,13,19H,8-9H2,1-3H3,(H3,26,27,28,31). The van der Waals surface area contributed by atoms with Crippen LogP contribution in [0.25, 0.3) is 4.96 Å². The quantitative estimate of drug-likeness (QED) is 0.413. The van der Waals surface area contributed by atoms with E-state index in [0.29, 0.717) is 41.3 Å². The van der Waals surface area contributed by atoms with Crippen molar-refractivity contribution in [2.75, 3.05) is 19.5 Å². The molecule has 2 aliphatic rings. The van der Waals surface area contributed by atoms with Crippen molar-refractivity contribution in [1.82, 2.24) is 19.6 Å². The predicted octanol–water partition coefficient (Wildman–Crippen LogP) is 3.70. The van der Waals surface area contributed by atoms with Gasteiger partial charge in [0, 0.05) is 29.3 Å². The van der Waals surface area contributed by atoms with E-state index < -0.39 is 5.92 Å². The highest BCUT2D eigenvalue weighted by Gasteiger charge is 2.42. The second kappa shape index (κ2) is 7.63. The number of methoxy groups -OCH3 is 2. The summed E-state index contributed by atoms with van der Waals surface area (Å²) in [7, 11) is 3.20. The molecule has 2 unspecified atom stereocenters. The number of hydrogen-bond donors (Lipinski definition) is 3. The molecule has 1 aromatic carbocycles. The van der Waals surface area contributed by atoms with E-state index >= 15 is 0 Å². The third-order valence-corrected chi connectivity index (χ3v) is 7.57. The number of imidazole rings is 1. The number of aromatic amines is 2. The van der Waals surface area contributed by atoms with Crippen LogP contribution in [0.4, 0.5) is 5.82 Å². The topological polar surface area (TPSA) is 114 Å². The van der Waals surface area contributed by atoms with E-state index in [-0.39, 0.29) is 17.3 Å². The van der Waals surface area contributed by atoms with Crippen LogP contribution in [0.5, 0.6) is 11.5 Å². The van der Waals surface area contributed by atoms with Crippen LogP contribution in [0.1, 0.15) is 47.2 Å². The average Bonchev–Trinajstić information content (AvgIpc) is 3.52. The molecule has 3 aromatic heterocycles. The van der Waals surface area contributed by atoms with Crippen molar-refractivity contribution in [3.8, 4) is 11.5 Å². The van der Waals surface area contributed by atoms with Crippen molar-refractivity contribution in [2.45, 2.75) is 31.6 Å². The minimum absolute atomic E-state index is 0.0226. The Morgan fingerprint density at radius 3 is 2.74 bits per heavy atom. The molecular formula is C24H23N5O4S. The van der Waals surface area contributed by atoms with Gasteiger partial charge in [0.1, 0.15) is 5.82 Å². The number of benzene rings is 1. The zero-order valence-electron chi connectivity index (χ0n) is 18.9. The van der Waals surface area contributed by atoms with Gasteiger partial charge in [0.15, 0.2) is 22.2 Å². The number of aromatic nitrogens is 4. The van der Waals surface area contributed by atoms with Crippen molar-refractivity contribution in [1.29, 1.82) is 0 Å². The van der Waals surface area contributed by atoms with Gasteiger partial charge < -0.3 is 14.8 Å². The van der Waals surface area contributed by atoms with Crippen LogP contribution in [0.3, 0.4) is 0 Å². The molecule has 4 heterocycles. The van der Waals surface area contributed by atoms with Crippen LogP contribution in [-0.2, 0) is 4.79 Å². The Hall–Kier alpha value is -3.79. The lowest BCUT2D eigenvalue weighted by Crippen LogP contribution is -2.32. The van der Waals surface area contributed by atoms with Gasteiger partial charge in [0.25, 0.3) is 5.56 Å². The van der Waals surface area contributed by atoms with Gasteiger partial charge in [-0.2, -0.15) is 0 Å². The second-order valence-electron chi connectivity index (χ2n) is 8.60. The lowest BCUT2D eigenvalue weighted by molar-refractivity contribution is -0.116. The summed E-state index contributed by atoms with van der Waals surface area (Å²) in [6.45, 7) is 1.93. The number of nitrogens with zero attached hydrogens (tertiary/aromatic N) is 2. The summed E-state index contributed by atoms with van der Waals surface area (Å²) in [5, 5.41) is 10.9. The number of aryl methyl sites for hydroxylation is 1. The highest BCUT2D eigenvalue weighted by atomic mass is 32.1. The van der Waals surface area contributed by atoms with Gasteiger partial charge in [-0.15, -0.1) is 11.3 Å². The van der Waals surface area contributed by atoms with E-state index in [9.17, 15) is 9.59 Å². The third kappa shape index (κ3) is 2.95. The molecule has 1 aliphatic carbocycles. The van der Waals surface area contributed by atoms with Crippen LogP contribution < -0.4 is 20.3 Å². The van der Waals surface area contributed by atoms with E-state index in [1.807, 2.05) is 41.1 Å². The molecule has 4 aromatic rings. The number of allylic oxidation sites excluding steroid dienone is 2. The first-order valence-corrected chi connectivity index (χ1v) is 11.9. The van der Waals surface area contributed by atoms with E-state index in [1.165, 1.54) is 11.3 Å². The maximum atomic E-state index is 13.7. The van der Waals surface area contributed by atoms with E-state index in [0.717, 1.165) is 27.6 Å². The number of fused-ring (bicyclic) bond motifs is 2. The molecule has 0 fully saturated rings. The molecule has 0 saturated heterocycles. The first kappa shape index (κ1) is 20.8. The summed E-state index contributed by atoms with van der Waals surface area (Å²) in [6.07, 6.45) is 2.91. The van der Waals surface area contributed by atoms with Crippen molar-refractivity contribution in [2.24, 2.45) is 0 Å². The lowest BCUT2D eigenvalue weighted by Gasteiger charge is -2.34. The number of nitrogens with one attached hydrogen (secondary N) is 3. The number of ketones is 1. The Kier molecular flexibility index (Phi) is 4.66. The molecule has 174 valence electrons. The highest BCUT2D eigenvalue weighted by Crippen LogP contribution is 2.48. The third-order valence-electron chi connectivity index (χ3n) is 6.81. The molecule has 34 heavy (non-hydrogen) atoms. The monoisotopic (exact) mass is 477 g/mol. The number of rotatable bonds is 4. The zero-order valence-corrected chi connectivity index (χ0v) is 19.7. The molecule has 3 N–H and O–H groups in total. The van der Waals surface area contributed by atoms with E-state index in [4.69, 9.17) is 9.47 Å². The molecule has 0 amide bonds. The fourth-order valence-corrected chi connectivity index (χ4v) is 6.06. The summed E-state index contributed by atoms with van der Waals surface area (Å²) in [4.78, 5) is 32.1. The Balaban J connectivity index is 1.49. The minimum atomic E-state index is -0.496. The van der Waals surface area contributed by atoms with Crippen molar-refractivity contribution in [3.63, 3.8) is 0 Å². The van der Waals surface area contributed by atoms with Crippen LogP contribution in [0.2, 0.25) is 0 Å². The van der Waals surface area contributed by atoms with E-state index in [2.05, 4.69) is 20.5 Å². The summed E-state index contributed by atoms with van der Waals surface area (Å²) in [6, 6.07) is 5.78. The summed E-state index contributed by atoms with van der Waals surface area (Å²) in [5.74, 6) is 1.38. The number of thiazole rings is 1. The largest absolute Gasteiger partial charge is 0.493 e. The SMILES string of the molecule is COc1ccc(C2CC(=O)C3=C(C2)Nc2[nH][nH]c(=O)c2C3c2c(C)nc3sccn23)cc1OC. The Labute approximate surface area is 198 Å². The average molecular weight is 478 g/mol. The molecular weight excluding hydrogens is 454 g/mol. The molecule has 0 bridgehead atoms. The number of anilines is 1. The van der Waals surface area contributed by atoms with Gasteiger partial charge in [-0.25, -0.2) is 4.98 Å². The normalized spacial score (nSPS) is 19.7. The minimum Gasteiger partial charge on any atom is -0.493 e. The number of H-pyrrole nitrogens is 2. The highest BCUT2D eigenvalue weighted by molar-refractivity contribution is 7.15. The number of hydrogen-bond acceptors (Lipinski definition) is 7. The van der Waals surface area contributed by atoms with Gasteiger partial charge in [-0.05, 0) is 37.0 Å².